The molecule has 1 heterocycles. The van der Waals surface area contributed by atoms with Crippen molar-refractivity contribution in [2.75, 3.05) is 29.9 Å². The first-order valence-corrected chi connectivity index (χ1v) is 8.72. The predicted molar refractivity (Wildman–Crippen MR) is 98.2 cm³/mol. The summed E-state index contributed by atoms with van der Waals surface area (Å²) in [7, 11) is 0. The standard InChI is InChI=1S/C19H29N3O2/c1-6-21(7-2)16-10-8-15(9-11-16)20-18(24)14-12-17(23)22(13-14)19(3,4)5/h8-11,14H,6-7,12-13H2,1-5H3,(H,20,24). The van der Waals surface area contributed by atoms with Gasteiger partial charge in [0.1, 0.15) is 0 Å². The molecule has 132 valence electrons. The summed E-state index contributed by atoms with van der Waals surface area (Å²) < 4.78 is 0. The predicted octanol–water partition coefficient (Wildman–Crippen LogP) is 3.12. The monoisotopic (exact) mass is 331 g/mol. The molecule has 1 aliphatic rings. The van der Waals surface area contributed by atoms with E-state index in [2.05, 4.69) is 24.1 Å². The molecule has 1 unspecified atom stereocenters. The fraction of sp³-hybridized carbons (Fsp3) is 0.579. The van der Waals surface area contributed by atoms with Crippen molar-refractivity contribution < 1.29 is 9.59 Å². The molecular weight excluding hydrogens is 302 g/mol. The number of hydrogen-bond donors (Lipinski definition) is 1. The summed E-state index contributed by atoms with van der Waals surface area (Å²) in [5.41, 5.74) is 1.68. The second kappa shape index (κ2) is 7.24. The van der Waals surface area contributed by atoms with E-state index in [1.54, 1.807) is 4.90 Å². The zero-order valence-electron chi connectivity index (χ0n) is 15.4. The molecule has 5 heteroatoms. The molecule has 0 aliphatic carbocycles. The molecule has 24 heavy (non-hydrogen) atoms. The van der Waals surface area contributed by atoms with Gasteiger partial charge >= 0.3 is 0 Å². The van der Waals surface area contributed by atoms with E-state index in [1.807, 2.05) is 45.0 Å². The Hall–Kier alpha value is -2.04. The maximum absolute atomic E-state index is 12.5. The maximum atomic E-state index is 12.5. The molecule has 1 aromatic rings. The molecule has 1 fully saturated rings. The summed E-state index contributed by atoms with van der Waals surface area (Å²) >= 11 is 0. The van der Waals surface area contributed by atoms with Crippen LogP contribution in [0.5, 0.6) is 0 Å². The van der Waals surface area contributed by atoms with Crippen LogP contribution in [0, 0.1) is 5.92 Å². The lowest BCUT2D eigenvalue weighted by atomic mass is 10.1. The highest BCUT2D eigenvalue weighted by Gasteiger charge is 2.39. The highest BCUT2D eigenvalue weighted by Crippen LogP contribution is 2.27. The van der Waals surface area contributed by atoms with Gasteiger partial charge in [-0.2, -0.15) is 0 Å². The molecule has 2 amide bonds. The Morgan fingerprint density at radius 2 is 1.79 bits per heavy atom. The molecule has 2 rings (SSSR count). The molecule has 5 nitrogen and oxygen atoms in total. The SMILES string of the molecule is CCN(CC)c1ccc(NC(=O)C2CC(=O)N(C(C)(C)C)C2)cc1. The van der Waals surface area contributed by atoms with E-state index in [9.17, 15) is 9.59 Å². The van der Waals surface area contributed by atoms with Gasteiger partial charge in [0, 0.05) is 43.0 Å². The average molecular weight is 331 g/mol. The number of carbonyl (C=O) groups is 2. The number of carbonyl (C=O) groups excluding carboxylic acids is 2. The quantitative estimate of drug-likeness (QED) is 0.902. The van der Waals surface area contributed by atoms with Crippen molar-refractivity contribution in [3.63, 3.8) is 0 Å². The Morgan fingerprint density at radius 1 is 1.21 bits per heavy atom. The molecule has 1 aromatic carbocycles. The normalized spacial score (nSPS) is 18.0. The molecule has 0 saturated carbocycles. The summed E-state index contributed by atoms with van der Waals surface area (Å²) in [5, 5.41) is 2.94. The summed E-state index contributed by atoms with van der Waals surface area (Å²) in [4.78, 5) is 28.6. The van der Waals surface area contributed by atoms with E-state index in [0.717, 1.165) is 24.5 Å². The van der Waals surface area contributed by atoms with E-state index in [4.69, 9.17) is 0 Å². The highest BCUT2D eigenvalue weighted by atomic mass is 16.2. The number of hydrogen-bond acceptors (Lipinski definition) is 3. The first kappa shape index (κ1) is 18.3. The van der Waals surface area contributed by atoms with E-state index >= 15 is 0 Å². The minimum atomic E-state index is -0.279. The zero-order chi connectivity index (χ0) is 17.9. The average Bonchev–Trinajstić information content (AvgIpc) is 2.92. The third-order valence-electron chi connectivity index (χ3n) is 4.57. The van der Waals surface area contributed by atoms with Gasteiger partial charge in [-0.15, -0.1) is 0 Å². The van der Waals surface area contributed by atoms with E-state index in [0.29, 0.717) is 13.0 Å². The van der Waals surface area contributed by atoms with Gasteiger partial charge in [0.05, 0.1) is 5.92 Å². The van der Waals surface area contributed by atoms with Crippen LogP contribution < -0.4 is 10.2 Å². The lowest BCUT2D eigenvalue weighted by molar-refractivity contribution is -0.131. The number of likely N-dealkylation sites (tertiary alicyclic amines) is 1. The molecule has 1 N–H and O–H groups in total. The van der Waals surface area contributed by atoms with Crippen LogP contribution >= 0.6 is 0 Å². The molecule has 1 aliphatic heterocycles. The van der Waals surface area contributed by atoms with Crippen molar-refractivity contribution in [3.8, 4) is 0 Å². The number of nitrogens with zero attached hydrogens (tertiary/aromatic N) is 2. The van der Waals surface area contributed by atoms with Crippen LogP contribution in [-0.2, 0) is 9.59 Å². The molecule has 0 radical (unpaired) electrons. The molecule has 1 atom stereocenters. The molecule has 1 saturated heterocycles. The Kier molecular flexibility index (Phi) is 5.52. The minimum Gasteiger partial charge on any atom is -0.372 e. The van der Waals surface area contributed by atoms with Gasteiger partial charge < -0.3 is 15.1 Å². The van der Waals surface area contributed by atoms with Gasteiger partial charge in [0.25, 0.3) is 0 Å². The number of nitrogens with one attached hydrogen (secondary N) is 1. The van der Waals surface area contributed by atoms with Crippen molar-refractivity contribution in [3.05, 3.63) is 24.3 Å². The Morgan fingerprint density at radius 3 is 2.25 bits per heavy atom. The third kappa shape index (κ3) is 4.08. The van der Waals surface area contributed by atoms with Crippen LogP contribution in [-0.4, -0.2) is 41.9 Å². The molecular formula is C19H29N3O2. The van der Waals surface area contributed by atoms with Gasteiger partial charge in [-0.25, -0.2) is 0 Å². The number of benzene rings is 1. The van der Waals surface area contributed by atoms with Crippen LogP contribution in [0.15, 0.2) is 24.3 Å². The van der Waals surface area contributed by atoms with Gasteiger partial charge in [0.15, 0.2) is 0 Å². The fourth-order valence-corrected chi connectivity index (χ4v) is 3.12. The van der Waals surface area contributed by atoms with E-state index in [1.165, 1.54) is 0 Å². The van der Waals surface area contributed by atoms with Crippen LogP contribution in [0.4, 0.5) is 11.4 Å². The molecule has 0 aromatic heterocycles. The number of rotatable bonds is 5. The lowest BCUT2D eigenvalue weighted by Gasteiger charge is -2.31. The molecule has 0 spiro atoms. The first-order chi connectivity index (χ1) is 11.3. The van der Waals surface area contributed by atoms with Crippen LogP contribution in [0.3, 0.4) is 0 Å². The largest absolute Gasteiger partial charge is 0.372 e. The zero-order valence-corrected chi connectivity index (χ0v) is 15.4. The topological polar surface area (TPSA) is 52.7 Å². The van der Waals surface area contributed by atoms with E-state index < -0.39 is 0 Å². The van der Waals surface area contributed by atoms with Crippen molar-refractivity contribution in [2.24, 2.45) is 5.92 Å². The van der Waals surface area contributed by atoms with Crippen molar-refractivity contribution in [1.29, 1.82) is 0 Å². The van der Waals surface area contributed by atoms with Gasteiger partial charge in [-0.1, -0.05) is 0 Å². The minimum absolute atomic E-state index is 0.0551. The molecule has 0 bridgehead atoms. The van der Waals surface area contributed by atoms with Crippen molar-refractivity contribution in [2.45, 2.75) is 46.6 Å². The van der Waals surface area contributed by atoms with Crippen LogP contribution in [0.2, 0.25) is 0 Å². The van der Waals surface area contributed by atoms with Crippen molar-refractivity contribution in [1.82, 2.24) is 4.90 Å². The second-order valence-corrected chi connectivity index (χ2v) is 7.28. The summed E-state index contributed by atoms with van der Waals surface area (Å²) in [5.74, 6) is -0.301. The second-order valence-electron chi connectivity index (χ2n) is 7.28. The maximum Gasteiger partial charge on any atom is 0.229 e. The van der Waals surface area contributed by atoms with Gasteiger partial charge in [0.2, 0.25) is 11.8 Å². The number of anilines is 2. The van der Waals surface area contributed by atoms with E-state index in [-0.39, 0.29) is 23.3 Å². The first-order valence-electron chi connectivity index (χ1n) is 8.72. The van der Waals surface area contributed by atoms with Crippen LogP contribution in [0.25, 0.3) is 0 Å². The smallest absolute Gasteiger partial charge is 0.229 e. The lowest BCUT2D eigenvalue weighted by Crippen LogP contribution is -2.42. The van der Waals surface area contributed by atoms with Crippen LogP contribution in [0.1, 0.15) is 41.0 Å². The third-order valence-corrected chi connectivity index (χ3v) is 4.57. The Balaban J connectivity index is 1.99. The highest BCUT2D eigenvalue weighted by molar-refractivity contribution is 5.97. The Labute approximate surface area is 145 Å². The van der Waals surface area contributed by atoms with Gasteiger partial charge in [-0.3, -0.25) is 9.59 Å². The summed E-state index contributed by atoms with van der Waals surface area (Å²) in [6.07, 6.45) is 0.292. The summed E-state index contributed by atoms with van der Waals surface area (Å²) in [6, 6.07) is 7.88. The Bertz CT molecular complexity index is 586. The van der Waals surface area contributed by atoms with Crippen molar-refractivity contribution >= 4 is 23.2 Å². The summed E-state index contributed by atoms with van der Waals surface area (Å²) in [6.45, 7) is 12.6. The fourth-order valence-electron chi connectivity index (χ4n) is 3.12. The van der Waals surface area contributed by atoms with Gasteiger partial charge in [-0.05, 0) is 58.9 Å². The number of amides is 2.